The van der Waals surface area contributed by atoms with Gasteiger partial charge in [-0.1, -0.05) is 55.4 Å². The van der Waals surface area contributed by atoms with Crippen LogP contribution < -0.4 is 0 Å². The summed E-state index contributed by atoms with van der Waals surface area (Å²) in [6, 6.07) is 8.55. The molecule has 0 saturated carbocycles. The largest absolute Gasteiger partial charge is 0.507 e. The summed E-state index contributed by atoms with van der Waals surface area (Å²) in [5, 5.41) is 21.7. The Labute approximate surface area is 171 Å². The number of phenols is 2. The van der Waals surface area contributed by atoms with Crippen LogP contribution in [-0.4, -0.2) is 10.2 Å². The molecule has 0 aliphatic carbocycles. The molecular formula is C26H38O2. The lowest BCUT2D eigenvalue weighted by molar-refractivity contribution is 0.449. The Morgan fingerprint density at radius 1 is 0.571 bits per heavy atom. The molecule has 0 saturated heterocycles. The summed E-state index contributed by atoms with van der Waals surface area (Å²) in [7, 11) is 0. The summed E-state index contributed by atoms with van der Waals surface area (Å²) in [5.41, 5.74) is 6.29. The summed E-state index contributed by atoms with van der Waals surface area (Å²) in [6.45, 7) is 17.2. The highest BCUT2D eigenvalue weighted by Gasteiger charge is 2.20. The van der Waals surface area contributed by atoms with E-state index >= 15 is 0 Å². The molecule has 0 aliphatic heterocycles. The first-order valence-electron chi connectivity index (χ1n) is 10.9. The minimum atomic E-state index is 0.248. The van der Waals surface area contributed by atoms with Crippen molar-refractivity contribution in [2.75, 3.05) is 0 Å². The van der Waals surface area contributed by atoms with E-state index in [0.29, 0.717) is 23.3 Å². The van der Waals surface area contributed by atoms with Crippen LogP contribution in [0.1, 0.15) is 114 Å². The molecule has 0 aromatic heterocycles. The van der Waals surface area contributed by atoms with Crippen LogP contribution in [0.2, 0.25) is 0 Å². The minimum absolute atomic E-state index is 0.248. The van der Waals surface area contributed by atoms with E-state index in [-0.39, 0.29) is 11.8 Å². The van der Waals surface area contributed by atoms with Crippen molar-refractivity contribution < 1.29 is 10.2 Å². The lowest BCUT2D eigenvalue weighted by Crippen LogP contribution is -2.01. The van der Waals surface area contributed by atoms with Crippen LogP contribution in [-0.2, 0) is 0 Å². The van der Waals surface area contributed by atoms with Gasteiger partial charge < -0.3 is 10.2 Å². The smallest absolute Gasteiger partial charge is 0.122 e. The predicted molar refractivity (Wildman–Crippen MR) is 121 cm³/mol. The van der Waals surface area contributed by atoms with Crippen molar-refractivity contribution in [3.63, 3.8) is 0 Å². The normalized spacial score (nSPS) is 13.9. The van der Waals surface area contributed by atoms with Crippen molar-refractivity contribution in [2.45, 2.75) is 91.9 Å². The first-order chi connectivity index (χ1) is 13.1. The van der Waals surface area contributed by atoms with E-state index < -0.39 is 0 Å². The first-order valence-corrected chi connectivity index (χ1v) is 10.9. The van der Waals surface area contributed by atoms with E-state index in [1.54, 1.807) is 0 Å². The second kappa shape index (κ2) is 9.03. The van der Waals surface area contributed by atoms with Gasteiger partial charge in [-0.2, -0.15) is 0 Å². The minimum Gasteiger partial charge on any atom is -0.507 e. The summed E-state index contributed by atoms with van der Waals surface area (Å²) in [6.07, 6.45) is 1.97. The molecular weight excluding hydrogens is 344 g/mol. The molecule has 2 N–H and O–H groups in total. The molecule has 2 aromatic carbocycles. The monoisotopic (exact) mass is 382 g/mol. The van der Waals surface area contributed by atoms with Gasteiger partial charge in [0.15, 0.2) is 0 Å². The van der Waals surface area contributed by atoms with Crippen molar-refractivity contribution in [1.82, 2.24) is 0 Å². The van der Waals surface area contributed by atoms with Crippen LogP contribution in [0.5, 0.6) is 11.5 Å². The van der Waals surface area contributed by atoms with E-state index in [0.717, 1.165) is 46.2 Å². The zero-order valence-electron chi connectivity index (χ0n) is 18.9. The molecule has 2 heteroatoms. The van der Waals surface area contributed by atoms with Gasteiger partial charge in [-0.25, -0.2) is 0 Å². The fourth-order valence-electron chi connectivity index (χ4n) is 3.76. The van der Waals surface area contributed by atoms with Crippen molar-refractivity contribution in [3.05, 3.63) is 46.5 Å². The third-order valence-corrected chi connectivity index (χ3v) is 6.20. The standard InChI is InChI=1S/C26H38O2/c1-9-17(7)23-13-20(14-24(26(23)28)18(8)10-2)19-11-21(15(3)4)25(27)22(12-19)16(5)6/h11-18,27-28H,9-10H2,1-8H3. The molecule has 0 aliphatic rings. The zero-order chi connectivity index (χ0) is 21.2. The highest BCUT2D eigenvalue weighted by Crippen LogP contribution is 2.42. The van der Waals surface area contributed by atoms with Gasteiger partial charge >= 0.3 is 0 Å². The van der Waals surface area contributed by atoms with Crippen molar-refractivity contribution in [3.8, 4) is 22.6 Å². The van der Waals surface area contributed by atoms with Gasteiger partial charge in [-0.3, -0.25) is 0 Å². The molecule has 2 aromatic rings. The lowest BCUT2D eigenvalue weighted by atomic mass is 9.84. The van der Waals surface area contributed by atoms with Gasteiger partial charge in [0.1, 0.15) is 11.5 Å². The Balaban J connectivity index is 2.79. The maximum absolute atomic E-state index is 11.0. The summed E-state index contributed by atoms with van der Waals surface area (Å²) in [4.78, 5) is 0. The highest BCUT2D eigenvalue weighted by atomic mass is 16.3. The van der Waals surface area contributed by atoms with Crippen LogP contribution in [0.15, 0.2) is 24.3 Å². The molecule has 0 fully saturated rings. The van der Waals surface area contributed by atoms with E-state index in [1.807, 2.05) is 0 Å². The van der Waals surface area contributed by atoms with E-state index in [4.69, 9.17) is 0 Å². The van der Waals surface area contributed by atoms with Gasteiger partial charge in [0.05, 0.1) is 0 Å². The topological polar surface area (TPSA) is 40.5 Å². The highest BCUT2D eigenvalue weighted by molar-refractivity contribution is 5.71. The SMILES string of the molecule is CCC(C)c1cc(-c2cc(C(C)C)c(O)c(C(C)C)c2)cc(C(C)CC)c1O. The average molecular weight is 383 g/mol. The number of benzene rings is 2. The number of rotatable bonds is 7. The van der Waals surface area contributed by atoms with E-state index in [2.05, 4.69) is 79.7 Å². The number of hydrogen-bond donors (Lipinski definition) is 2. The van der Waals surface area contributed by atoms with Gasteiger partial charge in [-0.05, 0) is 94.2 Å². The average Bonchev–Trinajstić information content (AvgIpc) is 2.66. The third-order valence-electron chi connectivity index (χ3n) is 6.20. The Morgan fingerprint density at radius 2 is 0.857 bits per heavy atom. The second-order valence-electron chi connectivity index (χ2n) is 8.93. The molecule has 0 heterocycles. The third kappa shape index (κ3) is 4.37. The number of phenolic OH excluding ortho intramolecular Hbond substituents is 2. The van der Waals surface area contributed by atoms with E-state index in [1.165, 1.54) is 0 Å². The number of hydrogen-bond acceptors (Lipinski definition) is 2. The quantitative estimate of drug-likeness (QED) is 0.508. The Morgan fingerprint density at radius 3 is 1.14 bits per heavy atom. The summed E-state index contributed by atoms with van der Waals surface area (Å²) < 4.78 is 0. The van der Waals surface area contributed by atoms with Crippen LogP contribution in [0, 0.1) is 0 Å². The second-order valence-corrected chi connectivity index (χ2v) is 8.93. The fourth-order valence-corrected chi connectivity index (χ4v) is 3.76. The Hall–Kier alpha value is -1.96. The van der Waals surface area contributed by atoms with Crippen LogP contribution in [0.4, 0.5) is 0 Å². The van der Waals surface area contributed by atoms with Gasteiger partial charge in [0.25, 0.3) is 0 Å². The molecule has 0 amide bonds. The molecule has 2 atom stereocenters. The molecule has 0 spiro atoms. The maximum Gasteiger partial charge on any atom is 0.122 e. The molecule has 154 valence electrons. The van der Waals surface area contributed by atoms with Crippen molar-refractivity contribution >= 4 is 0 Å². The molecule has 28 heavy (non-hydrogen) atoms. The van der Waals surface area contributed by atoms with Crippen LogP contribution >= 0.6 is 0 Å². The van der Waals surface area contributed by atoms with Crippen LogP contribution in [0.3, 0.4) is 0 Å². The molecule has 2 nitrogen and oxygen atoms in total. The Bertz CT molecular complexity index is 757. The molecule has 0 bridgehead atoms. The predicted octanol–water partition coefficient (Wildman–Crippen LogP) is 8.04. The molecule has 2 rings (SSSR count). The fraction of sp³-hybridized carbons (Fsp3) is 0.538. The van der Waals surface area contributed by atoms with Gasteiger partial charge in [0, 0.05) is 0 Å². The zero-order valence-corrected chi connectivity index (χ0v) is 18.9. The van der Waals surface area contributed by atoms with E-state index in [9.17, 15) is 10.2 Å². The van der Waals surface area contributed by atoms with Crippen LogP contribution in [0.25, 0.3) is 11.1 Å². The van der Waals surface area contributed by atoms with Gasteiger partial charge in [-0.15, -0.1) is 0 Å². The first kappa shape index (κ1) is 22.3. The molecule has 0 radical (unpaired) electrons. The lowest BCUT2D eigenvalue weighted by Gasteiger charge is -2.22. The molecule has 2 unspecified atom stereocenters. The maximum atomic E-state index is 11.0. The Kier molecular flexibility index (Phi) is 7.20. The van der Waals surface area contributed by atoms with Crippen molar-refractivity contribution in [1.29, 1.82) is 0 Å². The summed E-state index contributed by atoms with van der Waals surface area (Å²) >= 11 is 0. The number of aromatic hydroxyl groups is 2. The summed E-state index contributed by atoms with van der Waals surface area (Å²) in [5.74, 6) is 1.98. The van der Waals surface area contributed by atoms with Crippen molar-refractivity contribution in [2.24, 2.45) is 0 Å². The van der Waals surface area contributed by atoms with Gasteiger partial charge in [0.2, 0.25) is 0 Å².